The van der Waals surface area contributed by atoms with Crippen molar-refractivity contribution in [3.05, 3.63) is 46.4 Å². The number of hydrogen-bond donors (Lipinski definition) is 0. The molecule has 0 saturated heterocycles. The fraction of sp³-hybridized carbons (Fsp3) is 0.167. The molecule has 0 atom stereocenters. The number of rotatable bonds is 2. The van der Waals surface area contributed by atoms with Crippen LogP contribution in [0.4, 0.5) is 8.78 Å². The van der Waals surface area contributed by atoms with Crippen LogP contribution in [0.3, 0.4) is 0 Å². The van der Waals surface area contributed by atoms with Crippen molar-refractivity contribution in [2.75, 3.05) is 0 Å². The van der Waals surface area contributed by atoms with Gasteiger partial charge in [0.2, 0.25) is 0 Å². The predicted molar refractivity (Wildman–Crippen MR) is 67.0 cm³/mol. The summed E-state index contributed by atoms with van der Waals surface area (Å²) in [6.45, 7) is 3.46. The highest BCUT2D eigenvalue weighted by Gasteiger charge is 2.12. The Bertz CT molecular complexity index is 605. The van der Waals surface area contributed by atoms with Crippen molar-refractivity contribution in [2.24, 2.45) is 0 Å². The van der Waals surface area contributed by atoms with E-state index >= 15 is 0 Å². The molecule has 0 fully saturated rings. The highest BCUT2D eigenvalue weighted by Crippen LogP contribution is 2.32. The second kappa shape index (κ2) is 5.20. The lowest BCUT2D eigenvalue weighted by Crippen LogP contribution is -1.95. The number of aryl methyl sites for hydroxylation is 1. The Morgan fingerprint density at radius 1 is 1.17 bits per heavy atom. The quantitative estimate of drug-likeness (QED) is 0.775. The van der Waals surface area contributed by atoms with Crippen molar-refractivity contribution >= 4 is 23.4 Å². The lowest BCUT2D eigenvalue weighted by atomic mass is 10.3. The third kappa shape index (κ3) is 2.79. The van der Waals surface area contributed by atoms with E-state index in [0.29, 0.717) is 26.5 Å². The van der Waals surface area contributed by atoms with Crippen LogP contribution in [-0.4, -0.2) is 9.97 Å². The van der Waals surface area contributed by atoms with Gasteiger partial charge in [-0.3, -0.25) is 0 Å². The first-order valence-corrected chi connectivity index (χ1v) is 6.30. The first-order chi connectivity index (χ1) is 8.47. The SMILES string of the molecule is Cc1nc(Cl)c(C)c(Sc2ccc(F)cc2F)n1. The zero-order valence-electron chi connectivity index (χ0n) is 9.67. The van der Waals surface area contributed by atoms with Gasteiger partial charge in [-0.15, -0.1) is 0 Å². The zero-order valence-corrected chi connectivity index (χ0v) is 11.2. The summed E-state index contributed by atoms with van der Waals surface area (Å²) < 4.78 is 26.3. The normalized spacial score (nSPS) is 10.7. The summed E-state index contributed by atoms with van der Waals surface area (Å²) in [5.74, 6) is -0.715. The molecule has 0 amide bonds. The smallest absolute Gasteiger partial charge is 0.140 e. The largest absolute Gasteiger partial charge is 0.226 e. The molecule has 0 saturated carbocycles. The third-order valence-corrected chi connectivity index (χ3v) is 3.76. The Morgan fingerprint density at radius 2 is 1.89 bits per heavy atom. The molecule has 0 N–H and O–H groups in total. The van der Waals surface area contributed by atoms with E-state index in [-0.39, 0.29) is 0 Å². The lowest BCUT2D eigenvalue weighted by Gasteiger charge is -2.07. The molecule has 0 aliphatic carbocycles. The average molecular weight is 287 g/mol. The monoisotopic (exact) mass is 286 g/mol. The van der Waals surface area contributed by atoms with Gasteiger partial charge >= 0.3 is 0 Å². The van der Waals surface area contributed by atoms with Crippen LogP contribution >= 0.6 is 23.4 Å². The molecule has 18 heavy (non-hydrogen) atoms. The molecule has 2 aromatic rings. The first kappa shape index (κ1) is 13.2. The van der Waals surface area contributed by atoms with Crippen LogP contribution in [0.5, 0.6) is 0 Å². The van der Waals surface area contributed by atoms with Crippen molar-refractivity contribution < 1.29 is 8.78 Å². The van der Waals surface area contributed by atoms with E-state index in [0.717, 1.165) is 17.8 Å². The summed E-state index contributed by atoms with van der Waals surface area (Å²) in [7, 11) is 0. The van der Waals surface area contributed by atoms with E-state index in [1.54, 1.807) is 13.8 Å². The lowest BCUT2D eigenvalue weighted by molar-refractivity contribution is 0.565. The number of aromatic nitrogens is 2. The van der Waals surface area contributed by atoms with Gasteiger partial charge in [0.1, 0.15) is 27.6 Å². The second-order valence-corrected chi connectivity index (χ2v) is 5.06. The maximum atomic E-state index is 13.5. The molecule has 0 unspecified atom stereocenters. The second-order valence-electron chi connectivity index (χ2n) is 3.67. The molecule has 94 valence electrons. The molecule has 1 aromatic carbocycles. The van der Waals surface area contributed by atoms with Crippen molar-refractivity contribution in [3.8, 4) is 0 Å². The minimum Gasteiger partial charge on any atom is -0.226 e. The van der Waals surface area contributed by atoms with Crippen LogP contribution < -0.4 is 0 Å². The van der Waals surface area contributed by atoms with Crippen LogP contribution in [0.1, 0.15) is 11.4 Å². The third-order valence-electron chi connectivity index (χ3n) is 2.25. The van der Waals surface area contributed by atoms with Gasteiger partial charge in [-0.05, 0) is 26.0 Å². The van der Waals surface area contributed by atoms with Crippen molar-refractivity contribution in [1.29, 1.82) is 0 Å². The Hall–Kier alpha value is -1.20. The van der Waals surface area contributed by atoms with E-state index in [4.69, 9.17) is 11.6 Å². The molecule has 2 nitrogen and oxygen atoms in total. The maximum absolute atomic E-state index is 13.5. The van der Waals surface area contributed by atoms with Gasteiger partial charge in [-0.1, -0.05) is 23.4 Å². The van der Waals surface area contributed by atoms with E-state index in [9.17, 15) is 8.78 Å². The Labute approximate surface area is 112 Å². The van der Waals surface area contributed by atoms with Crippen LogP contribution in [0.2, 0.25) is 5.15 Å². The predicted octanol–water partition coefficient (Wildman–Crippen LogP) is 4.18. The first-order valence-electron chi connectivity index (χ1n) is 5.11. The molecular formula is C12H9ClF2N2S. The molecule has 0 aliphatic rings. The van der Waals surface area contributed by atoms with E-state index < -0.39 is 11.6 Å². The van der Waals surface area contributed by atoms with Crippen LogP contribution in [0.25, 0.3) is 0 Å². The van der Waals surface area contributed by atoms with Gasteiger partial charge in [0.15, 0.2) is 0 Å². The molecule has 2 rings (SSSR count). The van der Waals surface area contributed by atoms with Crippen molar-refractivity contribution in [1.82, 2.24) is 9.97 Å². The molecule has 1 heterocycles. The van der Waals surface area contributed by atoms with Gasteiger partial charge in [0.25, 0.3) is 0 Å². The molecule has 1 aromatic heterocycles. The molecule has 6 heteroatoms. The summed E-state index contributed by atoms with van der Waals surface area (Å²) in [5.41, 5.74) is 0.677. The van der Waals surface area contributed by atoms with Gasteiger partial charge in [-0.2, -0.15) is 0 Å². The molecule has 0 bridgehead atoms. The number of halogens is 3. The topological polar surface area (TPSA) is 25.8 Å². The minimum atomic E-state index is -0.619. The fourth-order valence-corrected chi connectivity index (χ4v) is 2.53. The van der Waals surface area contributed by atoms with Crippen molar-refractivity contribution in [2.45, 2.75) is 23.8 Å². The summed E-state index contributed by atoms with van der Waals surface area (Å²) >= 11 is 7.03. The maximum Gasteiger partial charge on any atom is 0.140 e. The van der Waals surface area contributed by atoms with Crippen LogP contribution in [-0.2, 0) is 0 Å². The van der Waals surface area contributed by atoms with Gasteiger partial charge < -0.3 is 0 Å². The Kier molecular flexibility index (Phi) is 3.82. The summed E-state index contributed by atoms with van der Waals surface area (Å²) in [4.78, 5) is 8.50. The van der Waals surface area contributed by atoms with Crippen LogP contribution in [0.15, 0.2) is 28.1 Å². The average Bonchev–Trinajstić information content (AvgIpc) is 2.29. The van der Waals surface area contributed by atoms with Crippen molar-refractivity contribution in [3.63, 3.8) is 0 Å². The summed E-state index contributed by atoms with van der Waals surface area (Å²) in [5, 5.41) is 0.908. The standard InChI is InChI=1S/C12H9ClF2N2S/c1-6-11(13)16-7(2)17-12(6)18-10-4-3-8(14)5-9(10)15/h3-5H,1-2H3. The van der Waals surface area contributed by atoms with E-state index in [2.05, 4.69) is 9.97 Å². The molecule has 0 radical (unpaired) electrons. The summed E-state index contributed by atoms with van der Waals surface area (Å²) in [6.07, 6.45) is 0. The number of nitrogens with zero attached hydrogens (tertiary/aromatic N) is 2. The van der Waals surface area contributed by atoms with Crippen LogP contribution in [0, 0.1) is 25.5 Å². The fourth-order valence-electron chi connectivity index (χ4n) is 1.33. The van der Waals surface area contributed by atoms with Gasteiger partial charge in [0, 0.05) is 16.5 Å². The van der Waals surface area contributed by atoms with E-state index in [1.165, 1.54) is 12.1 Å². The number of benzene rings is 1. The highest BCUT2D eigenvalue weighted by atomic mass is 35.5. The highest BCUT2D eigenvalue weighted by molar-refractivity contribution is 7.99. The zero-order chi connectivity index (χ0) is 13.3. The number of hydrogen-bond acceptors (Lipinski definition) is 3. The minimum absolute atomic E-state index is 0.300. The molecular weight excluding hydrogens is 278 g/mol. The van der Waals surface area contributed by atoms with Gasteiger partial charge in [-0.25, -0.2) is 18.7 Å². The summed E-state index contributed by atoms with van der Waals surface area (Å²) in [6, 6.07) is 3.42. The van der Waals surface area contributed by atoms with E-state index in [1.807, 2.05) is 0 Å². The molecule has 0 aliphatic heterocycles. The Balaban J connectivity index is 2.40. The Morgan fingerprint density at radius 3 is 2.56 bits per heavy atom. The molecule has 0 spiro atoms. The van der Waals surface area contributed by atoms with Gasteiger partial charge in [0.05, 0.1) is 0 Å².